The topological polar surface area (TPSA) is 39.2 Å². The number of carbonyl (C=O) groups is 1. The lowest BCUT2D eigenvalue weighted by molar-refractivity contribution is -0.117. The van der Waals surface area contributed by atoms with E-state index in [0.717, 1.165) is 17.7 Å². The number of halogens is 2. The number of carbonyl (C=O) groups excluding carboxylic acids is 1. The van der Waals surface area contributed by atoms with Crippen LogP contribution in [0.3, 0.4) is 0 Å². The van der Waals surface area contributed by atoms with E-state index >= 15 is 0 Å². The van der Waals surface area contributed by atoms with Crippen molar-refractivity contribution in [2.45, 2.75) is 12.8 Å². The first kappa shape index (κ1) is 14.1. The van der Waals surface area contributed by atoms with E-state index in [2.05, 4.69) is 4.98 Å². The fourth-order valence-electron chi connectivity index (χ4n) is 1.80. The molecule has 0 unspecified atom stereocenters. The lowest BCUT2D eigenvalue weighted by Crippen LogP contribution is -2.08. The predicted octanol–water partition coefficient (Wildman–Crippen LogP) is 2.72. The minimum absolute atomic E-state index is 0.0713. The van der Waals surface area contributed by atoms with Gasteiger partial charge in [-0.15, -0.1) is 0 Å². The fourth-order valence-corrected chi connectivity index (χ4v) is 1.80. The highest BCUT2D eigenvalue weighted by molar-refractivity contribution is 5.83. The maximum absolute atomic E-state index is 13.4. The van der Waals surface area contributed by atoms with Crippen LogP contribution in [0.5, 0.6) is 5.88 Å². The predicted molar refractivity (Wildman–Crippen MR) is 69.6 cm³/mol. The molecule has 2 rings (SSSR count). The van der Waals surface area contributed by atoms with Gasteiger partial charge in [-0.3, -0.25) is 4.79 Å². The second kappa shape index (κ2) is 6.23. The first-order valence-electron chi connectivity index (χ1n) is 6.03. The molecule has 0 amide bonds. The van der Waals surface area contributed by atoms with Crippen LogP contribution in [0.4, 0.5) is 8.78 Å². The van der Waals surface area contributed by atoms with Crippen LogP contribution in [0, 0.1) is 11.6 Å². The average Bonchev–Trinajstić information content (AvgIpc) is 2.43. The molecule has 2 aromatic rings. The summed E-state index contributed by atoms with van der Waals surface area (Å²) in [5, 5.41) is 0. The first-order valence-corrected chi connectivity index (χ1v) is 6.03. The number of aromatic nitrogens is 1. The van der Waals surface area contributed by atoms with Crippen molar-refractivity contribution in [3.05, 3.63) is 59.3 Å². The van der Waals surface area contributed by atoms with Crippen molar-refractivity contribution in [2.75, 3.05) is 7.11 Å². The van der Waals surface area contributed by atoms with E-state index in [1.807, 2.05) is 0 Å². The van der Waals surface area contributed by atoms with Gasteiger partial charge in [-0.1, -0.05) is 12.1 Å². The Kier molecular flexibility index (Phi) is 4.40. The highest BCUT2D eigenvalue weighted by Crippen LogP contribution is 2.13. The SMILES string of the molecule is COc1ccc(CC(=O)Cc2ccc(F)cc2F)cn1. The van der Waals surface area contributed by atoms with E-state index in [1.54, 1.807) is 12.1 Å². The van der Waals surface area contributed by atoms with Crippen LogP contribution < -0.4 is 4.74 Å². The van der Waals surface area contributed by atoms with E-state index in [-0.39, 0.29) is 24.2 Å². The summed E-state index contributed by atoms with van der Waals surface area (Å²) < 4.78 is 31.1. The molecule has 20 heavy (non-hydrogen) atoms. The number of ketones is 1. The maximum atomic E-state index is 13.4. The van der Waals surface area contributed by atoms with Gasteiger partial charge in [0.05, 0.1) is 7.11 Å². The Morgan fingerprint density at radius 1 is 1.20 bits per heavy atom. The van der Waals surface area contributed by atoms with Crippen molar-refractivity contribution < 1.29 is 18.3 Å². The quantitative estimate of drug-likeness (QED) is 0.843. The molecule has 0 aliphatic carbocycles. The average molecular weight is 277 g/mol. The highest BCUT2D eigenvalue weighted by atomic mass is 19.1. The molecular weight excluding hydrogens is 264 g/mol. The zero-order valence-corrected chi connectivity index (χ0v) is 10.9. The van der Waals surface area contributed by atoms with Crippen LogP contribution in [-0.4, -0.2) is 17.9 Å². The largest absolute Gasteiger partial charge is 0.481 e. The van der Waals surface area contributed by atoms with Crippen molar-refractivity contribution in [1.29, 1.82) is 0 Å². The molecule has 0 atom stereocenters. The number of hydrogen-bond donors (Lipinski definition) is 0. The number of nitrogens with zero attached hydrogens (tertiary/aromatic N) is 1. The Hall–Kier alpha value is -2.30. The van der Waals surface area contributed by atoms with Crippen molar-refractivity contribution >= 4 is 5.78 Å². The van der Waals surface area contributed by atoms with Crippen molar-refractivity contribution in [3.8, 4) is 5.88 Å². The molecule has 0 N–H and O–H groups in total. The van der Waals surface area contributed by atoms with E-state index in [0.29, 0.717) is 5.88 Å². The van der Waals surface area contributed by atoms with Gasteiger partial charge in [-0.25, -0.2) is 13.8 Å². The molecule has 1 aromatic heterocycles. The van der Waals surface area contributed by atoms with Gasteiger partial charge in [0.15, 0.2) is 0 Å². The highest BCUT2D eigenvalue weighted by Gasteiger charge is 2.10. The number of Topliss-reactive ketones (excluding diaryl/α,β-unsaturated/α-hetero) is 1. The first-order chi connectivity index (χ1) is 9.58. The van der Waals surface area contributed by atoms with E-state index in [9.17, 15) is 13.6 Å². The molecule has 5 heteroatoms. The third-order valence-electron chi connectivity index (χ3n) is 2.81. The summed E-state index contributed by atoms with van der Waals surface area (Å²) in [4.78, 5) is 15.8. The van der Waals surface area contributed by atoms with Gasteiger partial charge in [-0.2, -0.15) is 0 Å². The summed E-state index contributed by atoms with van der Waals surface area (Å²) in [6.07, 6.45) is 1.61. The number of hydrogen-bond acceptors (Lipinski definition) is 3. The standard InChI is InChI=1S/C15H13F2NO2/c1-20-15-5-2-10(9-18-15)6-13(19)7-11-3-4-12(16)8-14(11)17/h2-5,8-9H,6-7H2,1H3. The van der Waals surface area contributed by atoms with Crippen molar-refractivity contribution in [3.63, 3.8) is 0 Å². The molecule has 0 aliphatic rings. The summed E-state index contributed by atoms with van der Waals surface area (Å²) >= 11 is 0. The molecule has 0 saturated carbocycles. The third kappa shape index (κ3) is 3.60. The summed E-state index contributed by atoms with van der Waals surface area (Å²) in [6, 6.07) is 6.58. The molecule has 1 heterocycles. The number of methoxy groups -OCH3 is 1. The molecule has 0 radical (unpaired) electrons. The normalized spacial score (nSPS) is 10.3. The molecule has 1 aromatic carbocycles. The van der Waals surface area contributed by atoms with Gasteiger partial charge in [0.2, 0.25) is 5.88 Å². The number of pyridine rings is 1. The summed E-state index contributed by atoms with van der Waals surface area (Å²) in [5.41, 5.74) is 0.913. The molecule has 104 valence electrons. The lowest BCUT2D eigenvalue weighted by Gasteiger charge is -2.04. The Bertz CT molecular complexity index is 612. The number of ether oxygens (including phenoxy) is 1. The summed E-state index contributed by atoms with van der Waals surface area (Å²) in [5.74, 6) is -1.06. The van der Waals surface area contributed by atoms with Crippen LogP contribution in [0.1, 0.15) is 11.1 Å². The smallest absolute Gasteiger partial charge is 0.212 e. The summed E-state index contributed by atoms with van der Waals surface area (Å²) in [6.45, 7) is 0. The Morgan fingerprint density at radius 3 is 2.60 bits per heavy atom. The monoisotopic (exact) mass is 277 g/mol. The minimum atomic E-state index is -0.703. The Balaban J connectivity index is 2.01. The van der Waals surface area contributed by atoms with Crippen LogP contribution >= 0.6 is 0 Å². The zero-order valence-electron chi connectivity index (χ0n) is 10.9. The van der Waals surface area contributed by atoms with Gasteiger partial charge < -0.3 is 4.74 Å². The number of rotatable bonds is 5. The van der Waals surface area contributed by atoms with E-state index in [4.69, 9.17) is 4.74 Å². The molecule has 3 nitrogen and oxygen atoms in total. The third-order valence-corrected chi connectivity index (χ3v) is 2.81. The second-order valence-corrected chi connectivity index (χ2v) is 4.34. The minimum Gasteiger partial charge on any atom is -0.481 e. The van der Waals surface area contributed by atoms with Crippen molar-refractivity contribution in [1.82, 2.24) is 4.98 Å². The second-order valence-electron chi connectivity index (χ2n) is 4.34. The van der Waals surface area contributed by atoms with E-state index < -0.39 is 11.6 Å². The Morgan fingerprint density at radius 2 is 2.00 bits per heavy atom. The van der Waals surface area contributed by atoms with Crippen LogP contribution in [0.15, 0.2) is 36.5 Å². The van der Waals surface area contributed by atoms with Crippen LogP contribution in [0.2, 0.25) is 0 Å². The fraction of sp³-hybridized carbons (Fsp3) is 0.200. The van der Waals surface area contributed by atoms with Gasteiger partial charge in [0.1, 0.15) is 17.4 Å². The van der Waals surface area contributed by atoms with E-state index in [1.165, 1.54) is 19.4 Å². The van der Waals surface area contributed by atoms with Gasteiger partial charge in [0.25, 0.3) is 0 Å². The molecule has 0 bridgehead atoms. The molecule has 0 spiro atoms. The van der Waals surface area contributed by atoms with Gasteiger partial charge in [-0.05, 0) is 17.2 Å². The maximum Gasteiger partial charge on any atom is 0.212 e. The van der Waals surface area contributed by atoms with Crippen molar-refractivity contribution in [2.24, 2.45) is 0 Å². The lowest BCUT2D eigenvalue weighted by atomic mass is 10.0. The number of benzene rings is 1. The van der Waals surface area contributed by atoms with Crippen LogP contribution in [0.25, 0.3) is 0 Å². The Labute approximate surface area is 115 Å². The van der Waals surface area contributed by atoms with Crippen LogP contribution in [-0.2, 0) is 17.6 Å². The molecule has 0 saturated heterocycles. The van der Waals surface area contributed by atoms with Gasteiger partial charge in [0, 0.05) is 31.2 Å². The van der Waals surface area contributed by atoms with Gasteiger partial charge >= 0.3 is 0 Å². The zero-order chi connectivity index (χ0) is 14.5. The molecule has 0 fully saturated rings. The summed E-state index contributed by atoms with van der Waals surface area (Å²) in [7, 11) is 1.50. The molecule has 0 aliphatic heterocycles. The molecular formula is C15H13F2NO2.